The van der Waals surface area contributed by atoms with E-state index < -0.39 is 17.9 Å². The van der Waals surface area contributed by atoms with E-state index in [1.165, 1.54) is 26.2 Å². The smallest absolute Gasteiger partial charge is 0.343 e. The number of amides is 2. The zero-order chi connectivity index (χ0) is 30.3. The lowest BCUT2D eigenvalue weighted by Crippen LogP contribution is -2.41. The molecule has 0 aliphatic rings. The van der Waals surface area contributed by atoms with Crippen LogP contribution in [-0.4, -0.2) is 36.2 Å². The average molecular weight is 573 g/mol. The van der Waals surface area contributed by atoms with E-state index in [9.17, 15) is 19.2 Å². The summed E-state index contributed by atoms with van der Waals surface area (Å²) in [6.07, 6.45) is 6.47. The van der Waals surface area contributed by atoms with Crippen molar-refractivity contribution in [1.29, 1.82) is 0 Å². The Balaban J connectivity index is 1.50. The summed E-state index contributed by atoms with van der Waals surface area (Å²) in [6, 6.07) is 19.5. The highest BCUT2D eigenvalue weighted by molar-refractivity contribution is 5.98. The van der Waals surface area contributed by atoms with Gasteiger partial charge in [-0.1, -0.05) is 51.7 Å². The van der Waals surface area contributed by atoms with Crippen molar-refractivity contribution >= 4 is 29.3 Å². The largest absolute Gasteiger partial charge is 0.494 e. The van der Waals surface area contributed by atoms with Crippen molar-refractivity contribution in [3.8, 4) is 11.5 Å². The molecular formula is C34H40N2O6. The molecule has 8 heteroatoms. The first-order valence-electron chi connectivity index (χ1n) is 14.5. The van der Waals surface area contributed by atoms with Crippen LogP contribution >= 0.6 is 0 Å². The summed E-state index contributed by atoms with van der Waals surface area (Å²) in [6.45, 7) is 6.02. The molecule has 222 valence electrons. The van der Waals surface area contributed by atoms with Gasteiger partial charge in [-0.25, -0.2) is 4.79 Å². The normalized spacial score (nSPS) is 11.3. The van der Waals surface area contributed by atoms with E-state index in [0.29, 0.717) is 35.6 Å². The summed E-state index contributed by atoms with van der Waals surface area (Å²) >= 11 is 0. The summed E-state index contributed by atoms with van der Waals surface area (Å²) in [5, 5.41) is 5.51. The molecule has 1 atom stereocenters. The Bertz CT molecular complexity index is 1320. The predicted molar refractivity (Wildman–Crippen MR) is 163 cm³/mol. The van der Waals surface area contributed by atoms with Crippen LogP contribution in [0.2, 0.25) is 0 Å². The third-order valence-corrected chi connectivity index (χ3v) is 6.73. The standard InChI is InChI=1S/C34H40N2O6/c1-4-6-7-8-9-22-41-29-20-14-27(15-21-29)34(40)42-30-18-10-25(11-19-30)23-31(24(3)37)36-33(39)26-12-16-28(17-13-26)35-32(38)5-2/h10-21,31H,4-9,22-23H2,1-3H3,(H,35,38)(H,36,39)/t31-/m0/s1. The van der Waals surface area contributed by atoms with Gasteiger partial charge in [-0.15, -0.1) is 0 Å². The van der Waals surface area contributed by atoms with Crippen LogP contribution in [0.3, 0.4) is 0 Å². The lowest BCUT2D eigenvalue weighted by atomic mass is 10.0. The summed E-state index contributed by atoms with van der Waals surface area (Å²) in [4.78, 5) is 49.2. The second-order valence-electron chi connectivity index (χ2n) is 10.1. The van der Waals surface area contributed by atoms with Crippen molar-refractivity contribution in [2.24, 2.45) is 0 Å². The molecule has 42 heavy (non-hydrogen) atoms. The van der Waals surface area contributed by atoms with E-state index in [0.717, 1.165) is 24.2 Å². The number of rotatable bonds is 16. The first-order valence-corrected chi connectivity index (χ1v) is 14.5. The molecular weight excluding hydrogens is 532 g/mol. The molecule has 0 aliphatic heterocycles. The van der Waals surface area contributed by atoms with Gasteiger partial charge in [0.25, 0.3) is 5.91 Å². The maximum atomic E-state index is 12.8. The highest BCUT2D eigenvalue weighted by Gasteiger charge is 2.19. The number of hydrogen-bond donors (Lipinski definition) is 2. The van der Waals surface area contributed by atoms with Gasteiger partial charge in [0.1, 0.15) is 11.5 Å². The number of carbonyl (C=O) groups is 4. The maximum Gasteiger partial charge on any atom is 0.343 e. The van der Waals surface area contributed by atoms with E-state index in [2.05, 4.69) is 17.6 Å². The van der Waals surface area contributed by atoms with Gasteiger partial charge >= 0.3 is 5.97 Å². The Morgan fingerprint density at radius 1 is 0.738 bits per heavy atom. The summed E-state index contributed by atoms with van der Waals surface area (Å²) in [7, 11) is 0. The van der Waals surface area contributed by atoms with Crippen LogP contribution in [0.4, 0.5) is 5.69 Å². The predicted octanol–water partition coefficient (Wildman–Crippen LogP) is 6.53. The minimum atomic E-state index is -0.734. The van der Waals surface area contributed by atoms with Crippen molar-refractivity contribution in [2.75, 3.05) is 11.9 Å². The Morgan fingerprint density at radius 2 is 1.36 bits per heavy atom. The van der Waals surface area contributed by atoms with E-state index in [4.69, 9.17) is 9.47 Å². The van der Waals surface area contributed by atoms with Gasteiger partial charge in [0, 0.05) is 17.7 Å². The highest BCUT2D eigenvalue weighted by atomic mass is 16.5. The molecule has 0 unspecified atom stereocenters. The van der Waals surface area contributed by atoms with Crippen molar-refractivity contribution < 1.29 is 28.7 Å². The van der Waals surface area contributed by atoms with Crippen LogP contribution in [0.25, 0.3) is 0 Å². The van der Waals surface area contributed by atoms with Crippen LogP contribution in [0, 0.1) is 0 Å². The molecule has 3 rings (SSSR count). The van der Waals surface area contributed by atoms with Gasteiger partial charge in [0.15, 0.2) is 5.78 Å². The van der Waals surface area contributed by atoms with Crippen molar-refractivity contribution in [3.63, 3.8) is 0 Å². The number of Topliss-reactive ketones (excluding diaryl/α,β-unsaturated/α-hetero) is 1. The van der Waals surface area contributed by atoms with Crippen LogP contribution in [-0.2, 0) is 16.0 Å². The molecule has 2 N–H and O–H groups in total. The van der Waals surface area contributed by atoms with Crippen molar-refractivity contribution in [3.05, 3.63) is 89.5 Å². The third kappa shape index (κ3) is 10.5. The Labute approximate surface area is 247 Å². The van der Waals surface area contributed by atoms with Gasteiger partial charge in [-0.05, 0) is 86.0 Å². The summed E-state index contributed by atoms with van der Waals surface area (Å²) in [5.41, 5.74) is 2.18. The Hall–Kier alpha value is -4.46. The van der Waals surface area contributed by atoms with Gasteiger partial charge in [-0.2, -0.15) is 0 Å². The molecule has 0 radical (unpaired) electrons. The molecule has 3 aromatic carbocycles. The number of nitrogens with one attached hydrogen (secondary N) is 2. The number of hydrogen-bond acceptors (Lipinski definition) is 6. The summed E-state index contributed by atoms with van der Waals surface area (Å²) < 4.78 is 11.3. The van der Waals surface area contributed by atoms with Crippen LogP contribution in [0.1, 0.15) is 85.6 Å². The first kappa shape index (κ1) is 32.1. The zero-order valence-electron chi connectivity index (χ0n) is 24.6. The lowest BCUT2D eigenvalue weighted by Gasteiger charge is -2.16. The van der Waals surface area contributed by atoms with E-state index in [1.807, 2.05) is 0 Å². The number of ether oxygens (including phenoxy) is 2. The number of carbonyl (C=O) groups excluding carboxylic acids is 4. The first-order chi connectivity index (χ1) is 20.3. The molecule has 0 saturated heterocycles. The van der Waals surface area contributed by atoms with Crippen LogP contribution in [0.15, 0.2) is 72.8 Å². The third-order valence-electron chi connectivity index (χ3n) is 6.73. The number of anilines is 1. The Morgan fingerprint density at radius 3 is 1.98 bits per heavy atom. The van der Waals surface area contributed by atoms with Gasteiger partial charge in [0.05, 0.1) is 18.2 Å². The van der Waals surface area contributed by atoms with E-state index >= 15 is 0 Å². The summed E-state index contributed by atoms with van der Waals surface area (Å²) in [5.74, 6) is -0.0894. The molecule has 3 aromatic rings. The number of esters is 1. The highest BCUT2D eigenvalue weighted by Crippen LogP contribution is 2.18. The van der Waals surface area contributed by atoms with Gasteiger partial charge < -0.3 is 20.1 Å². The second-order valence-corrected chi connectivity index (χ2v) is 10.1. The molecule has 0 saturated carbocycles. The van der Waals surface area contributed by atoms with Gasteiger partial charge in [-0.3, -0.25) is 14.4 Å². The molecule has 0 heterocycles. The van der Waals surface area contributed by atoms with Crippen LogP contribution < -0.4 is 20.1 Å². The molecule has 0 aromatic heterocycles. The quantitative estimate of drug-likeness (QED) is 0.115. The Kier molecular flexibility index (Phi) is 12.8. The molecule has 0 fully saturated rings. The molecule has 0 aliphatic carbocycles. The van der Waals surface area contributed by atoms with Crippen molar-refractivity contribution in [1.82, 2.24) is 5.32 Å². The molecule has 0 spiro atoms. The molecule has 0 bridgehead atoms. The number of ketones is 1. The SMILES string of the molecule is CCCCCCCOc1ccc(C(=O)Oc2ccc(C[C@H](NC(=O)c3ccc(NC(=O)CC)cc3)C(C)=O)cc2)cc1. The lowest BCUT2D eigenvalue weighted by molar-refractivity contribution is -0.119. The fourth-order valence-electron chi connectivity index (χ4n) is 4.17. The number of benzene rings is 3. The fourth-order valence-corrected chi connectivity index (χ4v) is 4.17. The topological polar surface area (TPSA) is 111 Å². The monoisotopic (exact) mass is 572 g/mol. The minimum absolute atomic E-state index is 0.118. The molecule has 2 amide bonds. The maximum absolute atomic E-state index is 12.8. The minimum Gasteiger partial charge on any atom is -0.494 e. The van der Waals surface area contributed by atoms with E-state index in [-0.39, 0.29) is 18.1 Å². The second kappa shape index (κ2) is 16.7. The van der Waals surface area contributed by atoms with Crippen molar-refractivity contribution in [2.45, 2.75) is 71.8 Å². The molecule has 8 nitrogen and oxygen atoms in total. The fraction of sp³-hybridized carbons (Fsp3) is 0.353. The van der Waals surface area contributed by atoms with Crippen LogP contribution in [0.5, 0.6) is 11.5 Å². The van der Waals surface area contributed by atoms with E-state index in [1.54, 1.807) is 79.7 Å². The van der Waals surface area contributed by atoms with Gasteiger partial charge in [0.2, 0.25) is 5.91 Å². The average Bonchev–Trinajstić information content (AvgIpc) is 3.00. The number of unbranched alkanes of at least 4 members (excludes halogenated alkanes) is 4. The zero-order valence-corrected chi connectivity index (χ0v) is 24.6.